The number of carbonyl (C=O) groups is 1. The van der Waals surface area contributed by atoms with Gasteiger partial charge in [-0.1, -0.05) is 0 Å². The molecule has 0 aromatic heterocycles. The predicted octanol–water partition coefficient (Wildman–Crippen LogP) is -0.199. The Kier molecular flexibility index (Phi) is 5.18. The summed E-state index contributed by atoms with van der Waals surface area (Å²) < 4.78 is 53.7. The molecule has 0 bridgehead atoms. The van der Waals surface area contributed by atoms with Crippen LogP contribution in [0.1, 0.15) is 23.2 Å². The Bertz CT molecular complexity index is 858. The quantitative estimate of drug-likeness (QED) is 0.625. The molecule has 0 atom stereocenters. The second kappa shape index (κ2) is 6.67. The van der Waals surface area contributed by atoms with E-state index in [2.05, 4.69) is 9.44 Å². The fraction of sp³-hybridized carbons (Fsp3) is 0.462. The molecule has 0 radical (unpaired) electrons. The zero-order valence-corrected chi connectivity index (χ0v) is 14.9. The maximum Gasteiger partial charge on any atom is 0.337 e. The number of hydrogen-bond acceptors (Lipinski definition) is 6. The molecule has 1 heterocycles. The molecule has 0 spiro atoms. The van der Waals surface area contributed by atoms with E-state index in [1.165, 1.54) is 0 Å². The minimum atomic E-state index is -4.22. The smallest absolute Gasteiger partial charge is 0.337 e. The molecule has 9 nitrogen and oxygen atoms in total. The van der Waals surface area contributed by atoms with Crippen LogP contribution < -0.4 is 14.3 Å². The van der Waals surface area contributed by atoms with E-state index in [0.29, 0.717) is 13.1 Å². The molecule has 3 N–H and O–H groups in total. The number of anilines is 1. The zero-order valence-electron chi connectivity index (χ0n) is 13.2. The van der Waals surface area contributed by atoms with Crippen molar-refractivity contribution in [2.45, 2.75) is 22.6 Å². The van der Waals surface area contributed by atoms with E-state index in [1.807, 2.05) is 0 Å². The third kappa shape index (κ3) is 3.24. The molecule has 0 aliphatic carbocycles. The van der Waals surface area contributed by atoms with E-state index in [-0.39, 0.29) is 11.3 Å². The van der Waals surface area contributed by atoms with Crippen LogP contribution in [0.15, 0.2) is 21.9 Å². The van der Waals surface area contributed by atoms with Crippen molar-refractivity contribution in [1.82, 2.24) is 9.44 Å². The third-order valence-corrected chi connectivity index (χ3v) is 6.92. The Balaban J connectivity index is 2.96. The van der Waals surface area contributed by atoms with Gasteiger partial charge in [0.25, 0.3) is 0 Å². The van der Waals surface area contributed by atoms with Gasteiger partial charge in [0.15, 0.2) is 0 Å². The maximum atomic E-state index is 12.5. The highest BCUT2D eigenvalue weighted by molar-refractivity contribution is 7.92. The highest BCUT2D eigenvalue weighted by Gasteiger charge is 2.34. The number of aromatic carboxylic acids is 1. The second-order valence-corrected chi connectivity index (χ2v) is 8.88. The molecule has 1 fully saturated rings. The molecular weight excluding hydrogens is 358 g/mol. The zero-order chi connectivity index (χ0) is 18.1. The number of carboxylic acid groups (broad SMARTS) is 1. The Morgan fingerprint density at radius 1 is 1.04 bits per heavy atom. The van der Waals surface area contributed by atoms with Crippen molar-refractivity contribution in [2.75, 3.05) is 32.1 Å². The van der Waals surface area contributed by atoms with Crippen molar-refractivity contribution in [3.05, 3.63) is 17.7 Å². The van der Waals surface area contributed by atoms with E-state index in [9.17, 15) is 26.7 Å². The van der Waals surface area contributed by atoms with Gasteiger partial charge in [-0.25, -0.2) is 31.1 Å². The summed E-state index contributed by atoms with van der Waals surface area (Å²) in [5.74, 6) is -1.32. The van der Waals surface area contributed by atoms with Gasteiger partial charge in [0.05, 0.1) is 11.3 Å². The number of nitrogens with zero attached hydrogens (tertiary/aromatic N) is 1. The first-order valence-corrected chi connectivity index (χ1v) is 10.1. The van der Waals surface area contributed by atoms with E-state index in [4.69, 9.17) is 0 Å². The van der Waals surface area contributed by atoms with Crippen LogP contribution in [0, 0.1) is 0 Å². The number of sulfonamides is 2. The maximum absolute atomic E-state index is 12.5. The summed E-state index contributed by atoms with van der Waals surface area (Å²) in [5, 5.41) is 9.43. The summed E-state index contributed by atoms with van der Waals surface area (Å²) in [4.78, 5) is 12.1. The van der Waals surface area contributed by atoms with Gasteiger partial charge in [0.2, 0.25) is 20.0 Å². The average molecular weight is 377 g/mol. The standard InChI is InChI=1S/C13H19N3O6S2/c1-14-23(19,20)10-6-5-9(13(17)18)11(16-7-3-4-8-16)12(10)24(21,22)15-2/h5-6,14-15H,3-4,7-8H2,1-2H3,(H,17,18). The molecule has 0 amide bonds. The van der Waals surface area contributed by atoms with Crippen LogP contribution in [0.3, 0.4) is 0 Å². The van der Waals surface area contributed by atoms with Crippen LogP contribution in [-0.2, 0) is 20.0 Å². The number of hydrogen-bond donors (Lipinski definition) is 3. The minimum Gasteiger partial charge on any atom is -0.478 e. The Morgan fingerprint density at radius 2 is 1.58 bits per heavy atom. The molecule has 0 unspecified atom stereocenters. The average Bonchev–Trinajstić information content (AvgIpc) is 3.07. The van der Waals surface area contributed by atoms with Gasteiger partial charge in [-0.3, -0.25) is 0 Å². The molecule has 1 aliphatic heterocycles. The number of nitrogens with one attached hydrogen (secondary N) is 2. The van der Waals surface area contributed by atoms with E-state index >= 15 is 0 Å². The molecule has 1 aliphatic rings. The molecule has 134 valence electrons. The number of benzene rings is 1. The van der Waals surface area contributed by atoms with Crippen molar-refractivity contribution >= 4 is 31.7 Å². The fourth-order valence-corrected chi connectivity index (χ4v) is 5.16. The van der Waals surface area contributed by atoms with Crippen LogP contribution >= 0.6 is 0 Å². The third-order valence-electron chi connectivity index (χ3n) is 3.84. The van der Waals surface area contributed by atoms with Crippen LogP contribution in [0.2, 0.25) is 0 Å². The van der Waals surface area contributed by atoms with Crippen LogP contribution in [0.4, 0.5) is 5.69 Å². The highest BCUT2D eigenvalue weighted by Crippen LogP contribution is 2.36. The predicted molar refractivity (Wildman–Crippen MR) is 87.3 cm³/mol. The largest absolute Gasteiger partial charge is 0.478 e. The molecule has 24 heavy (non-hydrogen) atoms. The summed E-state index contributed by atoms with van der Waals surface area (Å²) >= 11 is 0. The van der Waals surface area contributed by atoms with Crippen molar-refractivity contribution in [3.8, 4) is 0 Å². The lowest BCUT2D eigenvalue weighted by molar-refractivity contribution is 0.0697. The van der Waals surface area contributed by atoms with Gasteiger partial charge in [-0.15, -0.1) is 0 Å². The van der Waals surface area contributed by atoms with Gasteiger partial charge in [0.1, 0.15) is 9.79 Å². The second-order valence-electron chi connectivity index (χ2n) is 5.20. The summed E-state index contributed by atoms with van der Waals surface area (Å²) in [6, 6.07) is 2.12. The molecule has 1 aromatic carbocycles. The van der Waals surface area contributed by atoms with Crippen LogP contribution in [0.25, 0.3) is 0 Å². The molecular formula is C13H19N3O6S2. The minimum absolute atomic E-state index is 0.0920. The summed E-state index contributed by atoms with van der Waals surface area (Å²) in [6.07, 6.45) is 1.53. The first-order chi connectivity index (χ1) is 11.2. The van der Waals surface area contributed by atoms with E-state index in [1.54, 1.807) is 4.90 Å². The number of carboxylic acids is 1. The lowest BCUT2D eigenvalue weighted by Crippen LogP contribution is -2.30. The van der Waals surface area contributed by atoms with Gasteiger partial charge in [-0.2, -0.15) is 0 Å². The summed E-state index contributed by atoms with van der Waals surface area (Å²) in [7, 11) is -6.02. The normalized spacial score (nSPS) is 15.7. The molecule has 11 heteroatoms. The van der Waals surface area contributed by atoms with Crippen molar-refractivity contribution in [2.24, 2.45) is 0 Å². The van der Waals surface area contributed by atoms with E-state index < -0.39 is 35.8 Å². The first-order valence-electron chi connectivity index (χ1n) is 7.18. The first kappa shape index (κ1) is 18.6. The lowest BCUT2D eigenvalue weighted by Gasteiger charge is -2.25. The highest BCUT2D eigenvalue weighted by atomic mass is 32.2. The molecule has 1 saturated heterocycles. The van der Waals surface area contributed by atoms with Gasteiger partial charge >= 0.3 is 5.97 Å². The fourth-order valence-electron chi connectivity index (χ4n) is 2.66. The van der Waals surface area contributed by atoms with Crippen LogP contribution in [0.5, 0.6) is 0 Å². The molecule has 2 rings (SSSR count). The number of rotatable bonds is 6. The lowest BCUT2D eigenvalue weighted by atomic mass is 10.1. The SMILES string of the molecule is CNS(=O)(=O)c1ccc(C(=O)O)c(N2CCCC2)c1S(=O)(=O)NC. The summed E-state index contributed by atoms with van der Waals surface area (Å²) in [6.45, 7) is 0.908. The van der Waals surface area contributed by atoms with Crippen molar-refractivity contribution in [1.29, 1.82) is 0 Å². The Hall–Kier alpha value is -1.69. The molecule has 1 aromatic rings. The van der Waals surface area contributed by atoms with Gasteiger partial charge in [-0.05, 0) is 39.1 Å². The van der Waals surface area contributed by atoms with Crippen molar-refractivity contribution in [3.63, 3.8) is 0 Å². The van der Waals surface area contributed by atoms with Crippen molar-refractivity contribution < 1.29 is 26.7 Å². The Labute approximate surface area is 140 Å². The van der Waals surface area contributed by atoms with E-state index in [0.717, 1.165) is 39.1 Å². The summed E-state index contributed by atoms with van der Waals surface area (Å²) in [5.41, 5.74) is -0.341. The van der Waals surface area contributed by atoms with Gasteiger partial charge < -0.3 is 10.0 Å². The topological polar surface area (TPSA) is 133 Å². The Morgan fingerprint density at radius 3 is 2.04 bits per heavy atom. The van der Waals surface area contributed by atoms with Gasteiger partial charge in [0, 0.05) is 13.1 Å². The molecule has 0 saturated carbocycles. The monoisotopic (exact) mass is 377 g/mol. The van der Waals surface area contributed by atoms with Crippen LogP contribution in [-0.4, -0.2) is 55.1 Å².